The molecule has 2 heterocycles. The van der Waals surface area contributed by atoms with E-state index in [2.05, 4.69) is 10.3 Å². The third kappa shape index (κ3) is 4.72. The number of carbonyl (C=O) groups is 2. The lowest BCUT2D eigenvalue weighted by Crippen LogP contribution is -2.45. The van der Waals surface area contributed by atoms with Crippen LogP contribution in [0.1, 0.15) is 12.8 Å². The number of thiazole rings is 1. The molecule has 0 bridgehead atoms. The van der Waals surface area contributed by atoms with Gasteiger partial charge in [-0.05, 0) is 31.0 Å². The molecule has 3 rings (SSSR count). The molecule has 2 aromatic rings. The molecular weight excluding hydrogens is 407 g/mol. The largest absolute Gasteiger partial charge is 0.331 e. The number of halogens is 2. The molecule has 0 atom stereocenters. The van der Waals surface area contributed by atoms with E-state index in [1.165, 1.54) is 11.3 Å². The third-order valence-electron chi connectivity index (χ3n) is 4.46. The fraction of sp³-hybridized carbons (Fsp3) is 0.389. The Hall–Kier alpha value is -1.83. The molecule has 0 radical (unpaired) electrons. The molecule has 0 unspecified atom stereocenters. The molecule has 3 amide bonds. The number of nitrogens with one attached hydrogen (secondary N) is 1. The zero-order chi connectivity index (χ0) is 19.6. The Labute approximate surface area is 172 Å². The Morgan fingerprint density at radius 3 is 2.59 bits per heavy atom. The van der Waals surface area contributed by atoms with E-state index in [-0.39, 0.29) is 17.9 Å². The summed E-state index contributed by atoms with van der Waals surface area (Å²) in [5, 5.41) is 6.35. The van der Waals surface area contributed by atoms with Gasteiger partial charge in [0.1, 0.15) is 0 Å². The minimum absolute atomic E-state index is 0.0155. The Balaban J connectivity index is 1.59. The van der Waals surface area contributed by atoms with E-state index in [0.717, 1.165) is 5.56 Å². The predicted octanol–water partition coefficient (Wildman–Crippen LogP) is 4.45. The maximum absolute atomic E-state index is 12.5. The van der Waals surface area contributed by atoms with Crippen LogP contribution >= 0.6 is 34.5 Å². The molecule has 0 spiro atoms. The van der Waals surface area contributed by atoms with Crippen LogP contribution in [0.25, 0.3) is 11.3 Å². The van der Waals surface area contributed by atoms with Gasteiger partial charge in [-0.3, -0.25) is 4.79 Å². The van der Waals surface area contributed by atoms with Crippen molar-refractivity contribution >= 4 is 51.6 Å². The summed E-state index contributed by atoms with van der Waals surface area (Å²) in [5.41, 5.74) is 1.47. The molecule has 9 heteroatoms. The zero-order valence-electron chi connectivity index (χ0n) is 15.0. The number of aromatic nitrogens is 1. The van der Waals surface area contributed by atoms with Crippen LogP contribution in [0.2, 0.25) is 10.0 Å². The summed E-state index contributed by atoms with van der Waals surface area (Å²) in [7, 11) is 3.46. The molecule has 0 aliphatic carbocycles. The minimum atomic E-state index is -0.123. The average Bonchev–Trinajstić information content (AvgIpc) is 3.09. The van der Waals surface area contributed by atoms with Gasteiger partial charge in [0, 0.05) is 49.1 Å². The molecular formula is C18H20Cl2N4O2S. The van der Waals surface area contributed by atoms with Gasteiger partial charge in [-0.25, -0.2) is 9.78 Å². The third-order valence-corrected chi connectivity index (χ3v) is 5.77. The smallest absolute Gasteiger partial charge is 0.319 e. The number of anilines is 1. The first-order valence-corrected chi connectivity index (χ1v) is 10.2. The van der Waals surface area contributed by atoms with Gasteiger partial charge < -0.3 is 15.1 Å². The van der Waals surface area contributed by atoms with Gasteiger partial charge in [0.2, 0.25) is 5.91 Å². The summed E-state index contributed by atoms with van der Waals surface area (Å²) in [6.45, 7) is 1.16. The van der Waals surface area contributed by atoms with E-state index in [4.69, 9.17) is 23.2 Å². The van der Waals surface area contributed by atoms with Crippen molar-refractivity contribution in [1.82, 2.24) is 14.8 Å². The summed E-state index contributed by atoms with van der Waals surface area (Å²) >= 11 is 13.5. The van der Waals surface area contributed by atoms with Gasteiger partial charge in [0.15, 0.2) is 5.13 Å². The van der Waals surface area contributed by atoms with Crippen LogP contribution in [0.5, 0.6) is 0 Å². The van der Waals surface area contributed by atoms with Crippen LogP contribution in [-0.4, -0.2) is 53.9 Å². The number of hydrogen-bond acceptors (Lipinski definition) is 4. The molecule has 0 saturated carbocycles. The zero-order valence-corrected chi connectivity index (χ0v) is 17.4. The number of nitrogens with zero attached hydrogens (tertiary/aromatic N) is 3. The first kappa shape index (κ1) is 19.9. The van der Waals surface area contributed by atoms with Gasteiger partial charge in [-0.2, -0.15) is 0 Å². The molecule has 1 N–H and O–H groups in total. The van der Waals surface area contributed by atoms with Crippen molar-refractivity contribution in [3.63, 3.8) is 0 Å². The number of urea groups is 1. The van der Waals surface area contributed by atoms with Crippen LogP contribution in [0.4, 0.5) is 9.93 Å². The fourth-order valence-electron chi connectivity index (χ4n) is 2.98. The minimum Gasteiger partial charge on any atom is -0.331 e. The number of hydrogen-bond donors (Lipinski definition) is 1. The summed E-state index contributed by atoms with van der Waals surface area (Å²) < 4.78 is 0. The van der Waals surface area contributed by atoms with E-state index in [0.29, 0.717) is 46.8 Å². The second-order valence-electron chi connectivity index (χ2n) is 6.59. The first-order chi connectivity index (χ1) is 12.8. The number of likely N-dealkylation sites (tertiary alicyclic amines) is 1. The summed E-state index contributed by atoms with van der Waals surface area (Å²) in [4.78, 5) is 32.3. The van der Waals surface area contributed by atoms with Crippen LogP contribution in [-0.2, 0) is 4.79 Å². The highest BCUT2D eigenvalue weighted by molar-refractivity contribution is 7.14. The molecule has 144 valence electrons. The van der Waals surface area contributed by atoms with Crippen molar-refractivity contribution < 1.29 is 9.59 Å². The first-order valence-electron chi connectivity index (χ1n) is 8.53. The second-order valence-corrected chi connectivity index (χ2v) is 8.29. The van der Waals surface area contributed by atoms with Crippen molar-refractivity contribution in [3.05, 3.63) is 33.6 Å². The van der Waals surface area contributed by atoms with Crippen LogP contribution in [0.15, 0.2) is 23.6 Å². The molecule has 27 heavy (non-hydrogen) atoms. The normalized spacial score (nSPS) is 14.9. The number of rotatable bonds is 3. The molecule has 1 aromatic carbocycles. The maximum Gasteiger partial charge on any atom is 0.319 e. The topological polar surface area (TPSA) is 65.5 Å². The Kier molecular flexibility index (Phi) is 6.24. The standard InChI is InChI=1S/C18H20Cl2N4O2S/c1-23(2)18(26)24-7-5-11(6-8-24)16(25)22-17-21-15(10-27-17)13-4-3-12(19)9-14(13)20/h3-4,9-11H,5-8H2,1-2H3,(H,21,22,25). The number of carbonyl (C=O) groups excluding carboxylic acids is 2. The monoisotopic (exact) mass is 426 g/mol. The molecule has 1 aliphatic rings. The Morgan fingerprint density at radius 2 is 1.96 bits per heavy atom. The number of amides is 3. The van der Waals surface area contributed by atoms with Crippen molar-refractivity contribution in [1.29, 1.82) is 0 Å². The average molecular weight is 427 g/mol. The molecule has 1 fully saturated rings. The highest BCUT2D eigenvalue weighted by Gasteiger charge is 2.28. The predicted molar refractivity (Wildman–Crippen MR) is 110 cm³/mol. The van der Waals surface area contributed by atoms with Crippen LogP contribution in [0.3, 0.4) is 0 Å². The van der Waals surface area contributed by atoms with Crippen molar-refractivity contribution in [2.75, 3.05) is 32.5 Å². The second kappa shape index (κ2) is 8.46. The Bertz CT molecular complexity index is 848. The lowest BCUT2D eigenvalue weighted by Gasteiger charge is -2.32. The van der Waals surface area contributed by atoms with Crippen LogP contribution < -0.4 is 5.32 Å². The highest BCUT2D eigenvalue weighted by atomic mass is 35.5. The van der Waals surface area contributed by atoms with Crippen LogP contribution in [0, 0.1) is 5.92 Å². The van der Waals surface area contributed by atoms with Crippen molar-refractivity contribution in [2.24, 2.45) is 5.92 Å². The van der Waals surface area contributed by atoms with E-state index in [9.17, 15) is 9.59 Å². The number of benzene rings is 1. The summed E-state index contributed by atoms with van der Waals surface area (Å²) in [6.07, 6.45) is 1.29. The molecule has 1 aliphatic heterocycles. The number of piperidine rings is 1. The van der Waals surface area contributed by atoms with E-state index < -0.39 is 0 Å². The highest BCUT2D eigenvalue weighted by Crippen LogP contribution is 2.32. The molecule has 1 saturated heterocycles. The summed E-state index contributed by atoms with van der Waals surface area (Å²) in [5.74, 6) is -0.183. The van der Waals surface area contributed by atoms with Gasteiger partial charge >= 0.3 is 6.03 Å². The SMILES string of the molecule is CN(C)C(=O)N1CCC(C(=O)Nc2nc(-c3ccc(Cl)cc3Cl)cs2)CC1. The summed E-state index contributed by atoms with van der Waals surface area (Å²) in [6, 6.07) is 5.21. The fourth-order valence-corrected chi connectivity index (χ4v) is 4.19. The van der Waals surface area contributed by atoms with Crippen molar-refractivity contribution in [2.45, 2.75) is 12.8 Å². The molecule has 6 nitrogen and oxygen atoms in total. The quantitative estimate of drug-likeness (QED) is 0.787. The van der Waals surface area contributed by atoms with E-state index in [1.807, 2.05) is 11.4 Å². The van der Waals surface area contributed by atoms with E-state index in [1.54, 1.807) is 36.0 Å². The van der Waals surface area contributed by atoms with Gasteiger partial charge in [0.05, 0.1) is 10.7 Å². The molecule has 1 aromatic heterocycles. The van der Waals surface area contributed by atoms with Crippen molar-refractivity contribution in [3.8, 4) is 11.3 Å². The van der Waals surface area contributed by atoms with Gasteiger partial charge in [-0.15, -0.1) is 11.3 Å². The van der Waals surface area contributed by atoms with Gasteiger partial charge in [0.25, 0.3) is 0 Å². The lowest BCUT2D eigenvalue weighted by atomic mass is 9.96. The lowest BCUT2D eigenvalue weighted by molar-refractivity contribution is -0.121. The van der Waals surface area contributed by atoms with E-state index >= 15 is 0 Å². The Morgan fingerprint density at radius 1 is 1.26 bits per heavy atom. The van der Waals surface area contributed by atoms with Gasteiger partial charge in [-0.1, -0.05) is 23.2 Å². The maximum atomic E-state index is 12.5.